The third kappa shape index (κ3) is 4.24. The van der Waals surface area contributed by atoms with Crippen LogP contribution in [0.15, 0.2) is 48.5 Å². The molecule has 136 valence electrons. The van der Waals surface area contributed by atoms with Crippen molar-refractivity contribution in [2.45, 2.75) is 12.5 Å². The standard InChI is InChI=1S/C21H23NO4/c1-24-18-9-7-15(13-19(18)25-2)8-10-21(23)22-14-20-17-6-4-3-5-16(17)11-12-26-20/h3-10,13,20H,11-12,14H2,1-2H3,(H,22,23)/b10-8-/t20-/m1/s1. The summed E-state index contributed by atoms with van der Waals surface area (Å²) in [7, 11) is 3.17. The van der Waals surface area contributed by atoms with E-state index in [2.05, 4.69) is 17.4 Å². The number of amides is 1. The number of nitrogens with one attached hydrogen (secondary N) is 1. The van der Waals surface area contributed by atoms with E-state index in [0.29, 0.717) is 24.7 Å². The maximum Gasteiger partial charge on any atom is 0.244 e. The molecule has 1 heterocycles. The van der Waals surface area contributed by atoms with Crippen molar-refractivity contribution in [1.82, 2.24) is 5.32 Å². The molecule has 0 aromatic heterocycles. The van der Waals surface area contributed by atoms with E-state index >= 15 is 0 Å². The van der Waals surface area contributed by atoms with E-state index in [1.54, 1.807) is 20.3 Å². The van der Waals surface area contributed by atoms with Gasteiger partial charge in [-0.05, 0) is 41.3 Å². The maximum atomic E-state index is 12.1. The number of carbonyl (C=O) groups is 1. The van der Waals surface area contributed by atoms with Crippen molar-refractivity contribution in [2.24, 2.45) is 0 Å². The molecular weight excluding hydrogens is 330 g/mol. The van der Waals surface area contributed by atoms with Crippen molar-refractivity contribution in [3.8, 4) is 11.5 Å². The summed E-state index contributed by atoms with van der Waals surface area (Å²) in [5.74, 6) is 1.12. The van der Waals surface area contributed by atoms with Crippen LogP contribution in [0.1, 0.15) is 22.8 Å². The lowest BCUT2D eigenvalue weighted by Crippen LogP contribution is -2.30. The van der Waals surface area contributed by atoms with Crippen molar-refractivity contribution in [3.63, 3.8) is 0 Å². The minimum atomic E-state index is -0.161. The summed E-state index contributed by atoms with van der Waals surface area (Å²) in [4.78, 5) is 12.1. The Hall–Kier alpha value is -2.79. The van der Waals surface area contributed by atoms with Gasteiger partial charge in [0.2, 0.25) is 5.91 Å². The highest BCUT2D eigenvalue weighted by atomic mass is 16.5. The van der Waals surface area contributed by atoms with Gasteiger partial charge in [-0.15, -0.1) is 0 Å². The summed E-state index contributed by atoms with van der Waals surface area (Å²) in [6.07, 6.45) is 4.07. The Kier molecular flexibility index (Phi) is 5.92. The van der Waals surface area contributed by atoms with Crippen molar-refractivity contribution < 1.29 is 19.0 Å². The van der Waals surface area contributed by atoms with Crippen LogP contribution in [0.5, 0.6) is 11.5 Å². The Morgan fingerprint density at radius 3 is 2.81 bits per heavy atom. The summed E-state index contributed by atoms with van der Waals surface area (Å²) in [5, 5.41) is 2.91. The minimum absolute atomic E-state index is 0.0987. The Balaban J connectivity index is 1.59. The fraction of sp³-hybridized carbons (Fsp3) is 0.286. The third-order valence-corrected chi connectivity index (χ3v) is 4.39. The van der Waals surface area contributed by atoms with Gasteiger partial charge in [-0.2, -0.15) is 0 Å². The predicted molar refractivity (Wildman–Crippen MR) is 100 cm³/mol. The van der Waals surface area contributed by atoms with E-state index in [9.17, 15) is 4.79 Å². The molecule has 0 radical (unpaired) electrons. The number of fused-ring (bicyclic) bond motifs is 1. The smallest absolute Gasteiger partial charge is 0.244 e. The number of hydrogen-bond donors (Lipinski definition) is 1. The normalized spacial score (nSPS) is 16.2. The minimum Gasteiger partial charge on any atom is -0.493 e. The molecule has 2 aromatic carbocycles. The lowest BCUT2D eigenvalue weighted by Gasteiger charge is -2.26. The monoisotopic (exact) mass is 353 g/mol. The van der Waals surface area contributed by atoms with E-state index < -0.39 is 0 Å². The van der Waals surface area contributed by atoms with Crippen LogP contribution >= 0.6 is 0 Å². The first-order valence-electron chi connectivity index (χ1n) is 8.58. The predicted octanol–water partition coefficient (Wildman–Crippen LogP) is 3.15. The fourth-order valence-electron chi connectivity index (χ4n) is 3.03. The van der Waals surface area contributed by atoms with E-state index in [-0.39, 0.29) is 12.0 Å². The molecule has 0 bridgehead atoms. The average molecular weight is 353 g/mol. The molecule has 0 aliphatic carbocycles. The van der Waals surface area contributed by atoms with Gasteiger partial charge in [0, 0.05) is 12.6 Å². The maximum absolute atomic E-state index is 12.1. The molecule has 1 atom stereocenters. The van der Waals surface area contributed by atoms with Crippen LogP contribution in [0.3, 0.4) is 0 Å². The second kappa shape index (κ2) is 8.54. The van der Waals surface area contributed by atoms with E-state index in [4.69, 9.17) is 14.2 Å². The second-order valence-corrected chi connectivity index (χ2v) is 6.00. The van der Waals surface area contributed by atoms with Crippen molar-refractivity contribution in [3.05, 3.63) is 65.2 Å². The van der Waals surface area contributed by atoms with Crippen LogP contribution in [-0.4, -0.2) is 33.3 Å². The third-order valence-electron chi connectivity index (χ3n) is 4.39. The number of hydrogen-bond acceptors (Lipinski definition) is 4. The molecule has 26 heavy (non-hydrogen) atoms. The van der Waals surface area contributed by atoms with Crippen LogP contribution < -0.4 is 14.8 Å². The molecule has 0 saturated heterocycles. The van der Waals surface area contributed by atoms with Gasteiger partial charge < -0.3 is 19.5 Å². The zero-order valence-electron chi connectivity index (χ0n) is 15.0. The number of carbonyl (C=O) groups excluding carboxylic acids is 1. The second-order valence-electron chi connectivity index (χ2n) is 6.00. The molecule has 0 fully saturated rings. The van der Waals surface area contributed by atoms with Crippen LogP contribution in [0.25, 0.3) is 6.08 Å². The molecule has 0 spiro atoms. The molecule has 0 saturated carbocycles. The molecule has 5 heteroatoms. The van der Waals surface area contributed by atoms with Gasteiger partial charge in [-0.3, -0.25) is 4.79 Å². The molecule has 1 aliphatic rings. The van der Waals surface area contributed by atoms with Gasteiger partial charge in [0.25, 0.3) is 0 Å². The Labute approximate surface area is 153 Å². The summed E-state index contributed by atoms with van der Waals surface area (Å²) in [5.41, 5.74) is 3.30. The van der Waals surface area contributed by atoms with Crippen LogP contribution in [0.2, 0.25) is 0 Å². The first kappa shape index (κ1) is 18.0. The van der Waals surface area contributed by atoms with Gasteiger partial charge in [0.1, 0.15) is 6.10 Å². The Bertz CT molecular complexity index is 800. The van der Waals surface area contributed by atoms with Crippen LogP contribution in [-0.2, 0) is 16.0 Å². The zero-order valence-corrected chi connectivity index (χ0v) is 15.0. The van der Waals surface area contributed by atoms with Crippen LogP contribution in [0, 0.1) is 0 Å². The first-order valence-corrected chi connectivity index (χ1v) is 8.58. The van der Waals surface area contributed by atoms with Crippen molar-refractivity contribution >= 4 is 12.0 Å². The topological polar surface area (TPSA) is 56.8 Å². The molecule has 1 amide bonds. The van der Waals surface area contributed by atoms with Gasteiger partial charge >= 0.3 is 0 Å². The first-order chi connectivity index (χ1) is 12.7. The van der Waals surface area contributed by atoms with Gasteiger partial charge in [0.15, 0.2) is 11.5 Å². The molecular formula is C21H23NO4. The van der Waals surface area contributed by atoms with E-state index in [1.165, 1.54) is 11.6 Å². The molecule has 1 N–H and O–H groups in total. The highest BCUT2D eigenvalue weighted by molar-refractivity contribution is 5.91. The lowest BCUT2D eigenvalue weighted by atomic mass is 9.97. The van der Waals surface area contributed by atoms with Gasteiger partial charge in [-0.1, -0.05) is 30.3 Å². The average Bonchev–Trinajstić information content (AvgIpc) is 2.70. The Morgan fingerprint density at radius 1 is 1.19 bits per heavy atom. The highest BCUT2D eigenvalue weighted by Crippen LogP contribution is 2.28. The molecule has 1 aliphatic heterocycles. The lowest BCUT2D eigenvalue weighted by molar-refractivity contribution is -0.117. The largest absolute Gasteiger partial charge is 0.493 e. The number of methoxy groups -OCH3 is 2. The number of rotatable bonds is 6. The number of ether oxygens (including phenoxy) is 3. The van der Waals surface area contributed by atoms with E-state index in [1.807, 2.05) is 30.3 Å². The fourth-order valence-corrected chi connectivity index (χ4v) is 3.03. The summed E-state index contributed by atoms with van der Waals surface area (Å²) >= 11 is 0. The SMILES string of the molecule is COc1ccc(/C=C\C(=O)NC[C@H]2OCCc3ccccc32)cc1OC. The molecule has 2 aromatic rings. The molecule has 5 nitrogen and oxygen atoms in total. The number of benzene rings is 2. The molecule has 3 rings (SSSR count). The summed E-state index contributed by atoms with van der Waals surface area (Å²) < 4.78 is 16.3. The Morgan fingerprint density at radius 2 is 2.00 bits per heavy atom. The molecule has 0 unspecified atom stereocenters. The highest BCUT2D eigenvalue weighted by Gasteiger charge is 2.20. The quantitative estimate of drug-likeness (QED) is 0.811. The summed E-state index contributed by atoms with van der Waals surface area (Å²) in [6.45, 7) is 1.13. The van der Waals surface area contributed by atoms with Crippen LogP contribution in [0.4, 0.5) is 0 Å². The zero-order chi connectivity index (χ0) is 18.4. The van der Waals surface area contributed by atoms with Crippen molar-refractivity contribution in [2.75, 3.05) is 27.4 Å². The summed E-state index contributed by atoms with van der Waals surface area (Å²) in [6, 6.07) is 13.7. The van der Waals surface area contributed by atoms with Gasteiger partial charge in [0.05, 0.1) is 20.8 Å². The van der Waals surface area contributed by atoms with Gasteiger partial charge in [-0.25, -0.2) is 0 Å². The van der Waals surface area contributed by atoms with Crippen molar-refractivity contribution in [1.29, 1.82) is 0 Å². The van der Waals surface area contributed by atoms with E-state index in [0.717, 1.165) is 17.5 Å².